The van der Waals surface area contributed by atoms with Gasteiger partial charge in [-0.25, -0.2) is 14.8 Å². The maximum Gasteiger partial charge on any atom is 0.325 e. The van der Waals surface area contributed by atoms with Crippen LogP contribution < -0.4 is 19.7 Å². The van der Waals surface area contributed by atoms with Crippen LogP contribution in [0.25, 0.3) is 0 Å². The van der Waals surface area contributed by atoms with Gasteiger partial charge in [0.05, 0.1) is 6.61 Å². The van der Waals surface area contributed by atoms with Gasteiger partial charge in [0.15, 0.2) is 0 Å². The van der Waals surface area contributed by atoms with Crippen LogP contribution in [0.2, 0.25) is 0 Å². The Morgan fingerprint density at radius 2 is 1.81 bits per heavy atom. The number of urea groups is 1. The zero-order valence-electron chi connectivity index (χ0n) is 18.3. The summed E-state index contributed by atoms with van der Waals surface area (Å²) >= 11 is 0. The van der Waals surface area contributed by atoms with Crippen molar-refractivity contribution in [2.75, 3.05) is 31.1 Å². The number of hydrogen-bond acceptors (Lipinski definition) is 6. The molecule has 2 heterocycles. The number of aromatic nitrogens is 2. The maximum atomic E-state index is 12.8. The van der Waals surface area contributed by atoms with Crippen molar-refractivity contribution in [2.24, 2.45) is 0 Å². The summed E-state index contributed by atoms with van der Waals surface area (Å²) in [5, 5.41) is 3.07. The monoisotopic (exact) mass is 439 g/mol. The van der Waals surface area contributed by atoms with Gasteiger partial charge in [-0.1, -0.05) is 0 Å². The number of amides is 3. The molecular weight excluding hydrogens is 410 g/mol. The maximum absolute atomic E-state index is 12.8. The molecule has 2 aromatic rings. The largest absolute Gasteiger partial charge is 0.494 e. The Balaban J connectivity index is 1.21. The van der Waals surface area contributed by atoms with Gasteiger partial charge in [-0.15, -0.1) is 0 Å². The van der Waals surface area contributed by atoms with E-state index >= 15 is 0 Å². The Morgan fingerprint density at radius 3 is 2.50 bits per heavy atom. The van der Waals surface area contributed by atoms with Crippen LogP contribution >= 0.6 is 0 Å². The topological polar surface area (TPSA) is 96.9 Å². The first-order valence-corrected chi connectivity index (χ1v) is 11.1. The second-order valence-corrected chi connectivity index (χ2v) is 7.97. The van der Waals surface area contributed by atoms with E-state index in [9.17, 15) is 9.59 Å². The lowest BCUT2D eigenvalue weighted by atomic mass is 9.93. The molecule has 1 aliphatic heterocycles. The fraction of sp³-hybridized carbons (Fsp3) is 0.478. The first-order chi connectivity index (χ1) is 15.6. The van der Waals surface area contributed by atoms with E-state index in [1.807, 2.05) is 31.2 Å². The fourth-order valence-corrected chi connectivity index (χ4v) is 4.12. The van der Waals surface area contributed by atoms with E-state index < -0.39 is 0 Å². The molecule has 0 radical (unpaired) electrons. The Labute approximate surface area is 187 Å². The third-order valence-corrected chi connectivity index (χ3v) is 5.74. The number of anilines is 1. The molecule has 1 saturated heterocycles. The zero-order chi connectivity index (χ0) is 22.3. The van der Waals surface area contributed by atoms with Crippen LogP contribution in [0.15, 0.2) is 42.7 Å². The SMILES string of the molecule is CCOc1ccc(N2CCN(CC(=O)NC3CCC(Oc4ncccn4)CC3)C2=O)cc1. The number of benzene rings is 1. The highest BCUT2D eigenvalue weighted by Crippen LogP contribution is 2.24. The van der Waals surface area contributed by atoms with Crippen molar-refractivity contribution in [3.63, 3.8) is 0 Å². The minimum atomic E-state index is -0.149. The summed E-state index contributed by atoms with van der Waals surface area (Å²) in [4.78, 5) is 36.8. The number of carbonyl (C=O) groups is 2. The number of carbonyl (C=O) groups excluding carboxylic acids is 2. The molecule has 2 fully saturated rings. The van der Waals surface area contributed by atoms with Crippen molar-refractivity contribution in [3.05, 3.63) is 42.7 Å². The van der Waals surface area contributed by atoms with Gasteiger partial charge in [0.2, 0.25) is 5.91 Å². The molecule has 0 bridgehead atoms. The molecule has 2 aliphatic rings. The quantitative estimate of drug-likeness (QED) is 0.679. The summed E-state index contributed by atoms with van der Waals surface area (Å²) in [6, 6.07) is 9.53. The third-order valence-electron chi connectivity index (χ3n) is 5.74. The van der Waals surface area contributed by atoms with Gasteiger partial charge in [0, 0.05) is 37.2 Å². The summed E-state index contributed by atoms with van der Waals surface area (Å²) in [5.41, 5.74) is 0.807. The first kappa shape index (κ1) is 21.9. The molecule has 32 heavy (non-hydrogen) atoms. The van der Waals surface area contributed by atoms with Crippen LogP contribution in [0.5, 0.6) is 11.8 Å². The molecule has 0 unspecified atom stereocenters. The van der Waals surface area contributed by atoms with E-state index in [0.29, 0.717) is 25.7 Å². The molecule has 170 valence electrons. The highest BCUT2D eigenvalue weighted by Gasteiger charge is 2.32. The molecule has 1 saturated carbocycles. The summed E-state index contributed by atoms with van der Waals surface area (Å²) in [6.07, 6.45) is 6.70. The number of nitrogens with zero attached hydrogens (tertiary/aromatic N) is 4. The van der Waals surface area contributed by atoms with E-state index in [2.05, 4.69) is 15.3 Å². The lowest BCUT2D eigenvalue weighted by Gasteiger charge is -2.29. The summed E-state index contributed by atoms with van der Waals surface area (Å²) in [5.74, 6) is 0.651. The average Bonchev–Trinajstić information content (AvgIpc) is 3.16. The number of ether oxygens (including phenoxy) is 2. The van der Waals surface area contributed by atoms with E-state index in [0.717, 1.165) is 37.1 Å². The Bertz CT molecular complexity index is 900. The third kappa shape index (κ3) is 5.46. The number of rotatable bonds is 8. The summed E-state index contributed by atoms with van der Waals surface area (Å²) in [6.45, 7) is 3.68. The summed E-state index contributed by atoms with van der Waals surface area (Å²) in [7, 11) is 0. The smallest absolute Gasteiger partial charge is 0.325 e. The molecule has 1 aliphatic carbocycles. The van der Waals surface area contributed by atoms with Crippen molar-refractivity contribution < 1.29 is 19.1 Å². The normalized spacial score (nSPS) is 20.8. The van der Waals surface area contributed by atoms with Crippen molar-refractivity contribution in [3.8, 4) is 11.8 Å². The highest BCUT2D eigenvalue weighted by atomic mass is 16.5. The number of hydrogen-bond donors (Lipinski definition) is 1. The standard InChI is InChI=1S/C23H29N5O4/c1-2-31-19-10-6-18(7-11-19)28-15-14-27(23(28)30)16-21(29)26-17-4-8-20(9-5-17)32-22-24-12-3-13-25-22/h3,6-7,10-13,17,20H,2,4-5,8-9,14-16H2,1H3,(H,26,29). The van der Waals surface area contributed by atoms with Gasteiger partial charge in [0.25, 0.3) is 0 Å². The van der Waals surface area contributed by atoms with E-state index in [-0.39, 0.29) is 30.6 Å². The highest BCUT2D eigenvalue weighted by molar-refractivity contribution is 5.96. The van der Waals surface area contributed by atoms with Gasteiger partial charge in [-0.05, 0) is 62.9 Å². The Kier molecular flexibility index (Phi) is 7.03. The Morgan fingerprint density at radius 1 is 1.09 bits per heavy atom. The van der Waals surface area contributed by atoms with E-state index in [4.69, 9.17) is 9.47 Å². The minimum Gasteiger partial charge on any atom is -0.494 e. The van der Waals surface area contributed by atoms with Crippen LogP contribution in [0.3, 0.4) is 0 Å². The molecule has 0 atom stereocenters. The fourth-order valence-electron chi connectivity index (χ4n) is 4.12. The molecule has 1 aromatic heterocycles. The first-order valence-electron chi connectivity index (χ1n) is 11.1. The van der Waals surface area contributed by atoms with Crippen LogP contribution in [0, 0.1) is 0 Å². The average molecular weight is 440 g/mol. The predicted octanol–water partition coefficient (Wildman–Crippen LogP) is 2.62. The molecule has 1 N–H and O–H groups in total. The number of nitrogens with one attached hydrogen (secondary N) is 1. The van der Waals surface area contributed by atoms with Gasteiger partial charge < -0.3 is 19.7 Å². The molecule has 3 amide bonds. The lowest BCUT2D eigenvalue weighted by Crippen LogP contribution is -2.45. The Hall–Kier alpha value is -3.36. The van der Waals surface area contributed by atoms with Crippen molar-refractivity contribution >= 4 is 17.6 Å². The molecular formula is C23H29N5O4. The summed E-state index contributed by atoms with van der Waals surface area (Å²) < 4.78 is 11.3. The van der Waals surface area contributed by atoms with E-state index in [1.54, 1.807) is 28.3 Å². The molecule has 0 spiro atoms. The predicted molar refractivity (Wildman–Crippen MR) is 119 cm³/mol. The van der Waals surface area contributed by atoms with Crippen LogP contribution in [0.1, 0.15) is 32.6 Å². The van der Waals surface area contributed by atoms with Gasteiger partial charge in [0.1, 0.15) is 18.4 Å². The molecule has 9 nitrogen and oxygen atoms in total. The van der Waals surface area contributed by atoms with Crippen LogP contribution in [0.4, 0.5) is 10.5 Å². The van der Waals surface area contributed by atoms with E-state index in [1.165, 1.54) is 0 Å². The second-order valence-electron chi connectivity index (χ2n) is 7.97. The zero-order valence-corrected chi connectivity index (χ0v) is 18.3. The van der Waals surface area contributed by atoms with Crippen molar-refractivity contribution in [1.29, 1.82) is 0 Å². The minimum absolute atomic E-state index is 0.0633. The van der Waals surface area contributed by atoms with Gasteiger partial charge in [-0.2, -0.15) is 0 Å². The van der Waals surface area contributed by atoms with Gasteiger partial charge >= 0.3 is 12.0 Å². The molecule has 4 rings (SSSR count). The van der Waals surface area contributed by atoms with Gasteiger partial charge in [-0.3, -0.25) is 9.69 Å². The molecule has 9 heteroatoms. The molecule has 1 aromatic carbocycles. The van der Waals surface area contributed by atoms with Crippen molar-refractivity contribution in [1.82, 2.24) is 20.2 Å². The second kappa shape index (κ2) is 10.3. The van der Waals surface area contributed by atoms with Crippen LogP contribution in [-0.4, -0.2) is 65.2 Å². The van der Waals surface area contributed by atoms with Crippen molar-refractivity contribution in [2.45, 2.75) is 44.8 Å². The van der Waals surface area contributed by atoms with Crippen LogP contribution in [-0.2, 0) is 4.79 Å². The lowest BCUT2D eigenvalue weighted by molar-refractivity contribution is -0.122.